The molecule has 0 heterocycles. The average Bonchev–Trinajstić information content (AvgIpc) is 2.48. The van der Waals surface area contributed by atoms with Crippen LogP contribution in [0.4, 0.5) is 0 Å². The molecule has 0 spiro atoms. The van der Waals surface area contributed by atoms with Crippen molar-refractivity contribution in [2.75, 3.05) is 7.11 Å². The molecule has 0 unspecified atom stereocenters. The van der Waals surface area contributed by atoms with Crippen molar-refractivity contribution in [3.8, 4) is 5.75 Å². The smallest absolute Gasteiger partial charge is 0.118 e. The fourth-order valence-electron chi connectivity index (χ4n) is 2.00. The molecule has 0 N–H and O–H groups in total. The van der Waals surface area contributed by atoms with Crippen molar-refractivity contribution in [1.82, 2.24) is 0 Å². The molecule has 0 fully saturated rings. The first kappa shape index (κ1) is 13.3. The van der Waals surface area contributed by atoms with E-state index in [0.29, 0.717) is 0 Å². The van der Waals surface area contributed by atoms with E-state index in [1.165, 1.54) is 5.56 Å². The first-order chi connectivity index (χ1) is 9.20. The van der Waals surface area contributed by atoms with Crippen molar-refractivity contribution >= 4 is 5.71 Å². The summed E-state index contributed by atoms with van der Waals surface area (Å²) in [6.45, 7) is 4.16. The number of hydrogen-bond acceptors (Lipinski definition) is 2. The molecule has 0 saturated carbocycles. The average molecular weight is 253 g/mol. The molecular weight excluding hydrogens is 234 g/mol. The number of hydrogen-bond donors (Lipinski definition) is 0. The number of aliphatic imine (C=N–C) groups is 1. The van der Waals surface area contributed by atoms with Crippen LogP contribution < -0.4 is 4.74 Å². The molecule has 98 valence electrons. The molecule has 0 aliphatic carbocycles. The fourth-order valence-corrected chi connectivity index (χ4v) is 2.00. The van der Waals surface area contributed by atoms with E-state index in [9.17, 15) is 0 Å². The van der Waals surface area contributed by atoms with Crippen molar-refractivity contribution in [3.63, 3.8) is 0 Å². The minimum absolute atomic E-state index is 0.170. The summed E-state index contributed by atoms with van der Waals surface area (Å²) in [4.78, 5) is 4.75. The zero-order chi connectivity index (χ0) is 13.7. The van der Waals surface area contributed by atoms with Crippen LogP contribution in [0.5, 0.6) is 5.75 Å². The van der Waals surface area contributed by atoms with Crippen LogP contribution in [-0.2, 0) is 0 Å². The minimum Gasteiger partial charge on any atom is -0.497 e. The molecule has 0 bridgehead atoms. The Balaban J connectivity index is 2.18. The number of nitrogens with zero attached hydrogens (tertiary/aromatic N) is 1. The Morgan fingerprint density at radius 3 is 2.21 bits per heavy atom. The number of ether oxygens (including phenoxy) is 1. The standard InChI is InChI=1S/C17H19NO/c1-13(15-7-5-4-6-8-15)18-14(2)16-9-11-17(19-3)12-10-16/h4-13H,1-3H3/t13-/m1/s1. The van der Waals surface area contributed by atoms with Crippen LogP contribution in [0, 0.1) is 0 Å². The van der Waals surface area contributed by atoms with Gasteiger partial charge in [-0.1, -0.05) is 30.3 Å². The third kappa shape index (κ3) is 3.44. The highest BCUT2D eigenvalue weighted by molar-refractivity contribution is 5.98. The second-order valence-corrected chi connectivity index (χ2v) is 4.53. The van der Waals surface area contributed by atoms with Gasteiger partial charge in [0, 0.05) is 5.71 Å². The number of methoxy groups -OCH3 is 1. The van der Waals surface area contributed by atoms with Crippen molar-refractivity contribution in [2.45, 2.75) is 19.9 Å². The monoisotopic (exact) mass is 253 g/mol. The topological polar surface area (TPSA) is 21.6 Å². The maximum atomic E-state index is 5.16. The van der Waals surface area contributed by atoms with Gasteiger partial charge < -0.3 is 4.74 Å². The Labute approximate surface area is 114 Å². The lowest BCUT2D eigenvalue weighted by Crippen LogP contribution is -1.99. The lowest BCUT2D eigenvalue weighted by Gasteiger charge is -2.09. The Hall–Kier alpha value is -2.09. The molecule has 2 nitrogen and oxygen atoms in total. The van der Waals surface area contributed by atoms with E-state index in [1.54, 1.807) is 7.11 Å². The predicted octanol–water partition coefficient (Wildman–Crippen LogP) is 4.27. The third-order valence-corrected chi connectivity index (χ3v) is 3.18. The summed E-state index contributed by atoms with van der Waals surface area (Å²) in [5.74, 6) is 0.868. The molecule has 19 heavy (non-hydrogen) atoms. The van der Waals surface area contributed by atoms with E-state index in [4.69, 9.17) is 9.73 Å². The highest BCUT2D eigenvalue weighted by atomic mass is 16.5. The van der Waals surface area contributed by atoms with Crippen LogP contribution in [0.15, 0.2) is 59.6 Å². The Morgan fingerprint density at radius 1 is 1.00 bits per heavy atom. The fraction of sp³-hybridized carbons (Fsp3) is 0.235. The van der Waals surface area contributed by atoms with Crippen LogP contribution in [0.2, 0.25) is 0 Å². The summed E-state index contributed by atoms with van der Waals surface area (Å²) < 4.78 is 5.16. The van der Waals surface area contributed by atoms with Crippen molar-refractivity contribution in [3.05, 3.63) is 65.7 Å². The molecule has 2 aromatic carbocycles. The van der Waals surface area contributed by atoms with Gasteiger partial charge in [0.05, 0.1) is 13.2 Å². The molecule has 0 aliphatic heterocycles. The molecule has 2 aromatic rings. The Bertz CT molecular complexity index is 543. The lowest BCUT2D eigenvalue weighted by molar-refractivity contribution is 0.415. The van der Waals surface area contributed by atoms with Crippen LogP contribution in [0.1, 0.15) is 31.0 Å². The first-order valence-corrected chi connectivity index (χ1v) is 6.44. The summed E-state index contributed by atoms with van der Waals surface area (Å²) in [5, 5.41) is 0. The van der Waals surface area contributed by atoms with Gasteiger partial charge in [-0.05, 0) is 49.2 Å². The van der Waals surface area contributed by atoms with E-state index in [-0.39, 0.29) is 6.04 Å². The van der Waals surface area contributed by atoms with E-state index >= 15 is 0 Å². The van der Waals surface area contributed by atoms with E-state index in [2.05, 4.69) is 19.1 Å². The largest absolute Gasteiger partial charge is 0.497 e. The molecule has 2 rings (SSSR count). The zero-order valence-electron chi connectivity index (χ0n) is 11.6. The van der Waals surface area contributed by atoms with Gasteiger partial charge in [0.2, 0.25) is 0 Å². The van der Waals surface area contributed by atoms with Crippen LogP contribution in [0.3, 0.4) is 0 Å². The summed E-state index contributed by atoms with van der Waals surface area (Å²) in [7, 11) is 1.67. The SMILES string of the molecule is COc1ccc(C(C)=N[C@H](C)c2ccccc2)cc1. The van der Waals surface area contributed by atoms with E-state index in [0.717, 1.165) is 17.0 Å². The molecule has 2 heteroatoms. The normalized spacial score (nSPS) is 13.1. The quantitative estimate of drug-likeness (QED) is 0.746. The molecule has 0 aliphatic rings. The highest BCUT2D eigenvalue weighted by Gasteiger charge is 2.04. The van der Waals surface area contributed by atoms with Crippen LogP contribution in [0.25, 0.3) is 0 Å². The summed E-state index contributed by atoms with van der Waals surface area (Å²) >= 11 is 0. The first-order valence-electron chi connectivity index (χ1n) is 6.44. The molecule has 0 aromatic heterocycles. The molecule has 1 atom stereocenters. The molecular formula is C17H19NO. The van der Waals surface area contributed by atoms with Gasteiger partial charge in [0.15, 0.2) is 0 Å². The molecule has 0 amide bonds. The van der Waals surface area contributed by atoms with Crippen molar-refractivity contribution < 1.29 is 4.74 Å². The Kier molecular flexibility index (Phi) is 4.35. The van der Waals surface area contributed by atoms with Gasteiger partial charge in [-0.15, -0.1) is 0 Å². The van der Waals surface area contributed by atoms with Gasteiger partial charge in [0.25, 0.3) is 0 Å². The van der Waals surface area contributed by atoms with Crippen molar-refractivity contribution in [2.24, 2.45) is 4.99 Å². The summed E-state index contributed by atoms with van der Waals surface area (Å²) in [5.41, 5.74) is 3.40. The van der Waals surface area contributed by atoms with Gasteiger partial charge in [-0.25, -0.2) is 0 Å². The maximum Gasteiger partial charge on any atom is 0.118 e. The summed E-state index contributed by atoms with van der Waals surface area (Å²) in [6.07, 6.45) is 0. The second kappa shape index (κ2) is 6.19. The second-order valence-electron chi connectivity index (χ2n) is 4.53. The molecule has 0 saturated heterocycles. The lowest BCUT2D eigenvalue weighted by atomic mass is 10.1. The van der Waals surface area contributed by atoms with Gasteiger partial charge in [-0.2, -0.15) is 0 Å². The highest BCUT2D eigenvalue weighted by Crippen LogP contribution is 2.18. The van der Waals surface area contributed by atoms with Gasteiger partial charge >= 0.3 is 0 Å². The number of benzene rings is 2. The molecule has 0 radical (unpaired) electrons. The zero-order valence-corrected chi connectivity index (χ0v) is 11.6. The minimum atomic E-state index is 0.170. The maximum absolute atomic E-state index is 5.16. The Morgan fingerprint density at radius 2 is 1.63 bits per heavy atom. The van der Waals surface area contributed by atoms with Gasteiger partial charge in [0.1, 0.15) is 5.75 Å². The van der Waals surface area contributed by atoms with E-state index < -0.39 is 0 Å². The number of rotatable bonds is 4. The summed E-state index contributed by atoms with van der Waals surface area (Å²) in [6, 6.07) is 18.5. The van der Waals surface area contributed by atoms with Gasteiger partial charge in [-0.3, -0.25) is 4.99 Å². The van der Waals surface area contributed by atoms with Crippen LogP contribution in [-0.4, -0.2) is 12.8 Å². The van der Waals surface area contributed by atoms with Crippen LogP contribution >= 0.6 is 0 Å². The van der Waals surface area contributed by atoms with E-state index in [1.807, 2.05) is 49.4 Å². The third-order valence-electron chi connectivity index (χ3n) is 3.18. The van der Waals surface area contributed by atoms with Crippen molar-refractivity contribution in [1.29, 1.82) is 0 Å². The predicted molar refractivity (Wildman–Crippen MR) is 80.1 cm³/mol.